The number of benzene rings is 1. The number of esters is 1. The first-order valence-electron chi connectivity index (χ1n) is 5.84. The van der Waals surface area contributed by atoms with Gasteiger partial charge in [-0.1, -0.05) is 0 Å². The molecular weight excluding hydrogens is 262 g/mol. The van der Waals surface area contributed by atoms with Gasteiger partial charge in [-0.2, -0.15) is 0 Å². The lowest BCUT2D eigenvalue weighted by Gasteiger charge is -2.16. The second-order valence-electron chi connectivity index (χ2n) is 4.24. The van der Waals surface area contributed by atoms with E-state index in [0.717, 1.165) is 0 Å². The summed E-state index contributed by atoms with van der Waals surface area (Å²) in [7, 11) is 3.04. The van der Waals surface area contributed by atoms with Crippen LogP contribution in [0.3, 0.4) is 0 Å². The van der Waals surface area contributed by atoms with Gasteiger partial charge in [-0.25, -0.2) is 4.98 Å². The summed E-state index contributed by atoms with van der Waals surface area (Å²) in [5, 5.41) is 11.4. The summed E-state index contributed by atoms with van der Waals surface area (Å²) >= 11 is 0. The van der Waals surface area contributed by atoms with Crippen LogP contribution in [-0.4, -0.2) is 36.6 Å². The number of nitro benzene ring substituents is 1. The number of likely N-dealkylation sites (N-methyl/N-ethyl adjacent to an activating group) is 1. The Bertz CT molecular complexity index is 672. The zero-order valence-electron chi connectivity index (χ0n) is 11.1. The molecule has 7 nitrogen and oxygen atoms in total. The minimum atomic E-state index is -0.448. The Morgan fingerprint density at radius 2 is 2.15 bits per heavy atom. The number of non-ortho nitro benzene ring substituents is 1. The molecule has 0 N–H and O–H groups in total. The topological polar surface area (TPSA) is 85.6 Å². The predicted molar refractivity (Wildman–Crippen MR) is 73.7 cm³/mol. The van der Waals surface area contributed by atoms with Gasteiger partial charge in [0.1, 0.15) is 12.4 Å². The van der Waals surface area contributed by atoms with Crippen molar-refractivity contribution in [2.24, 2.45) is 0 Å². The zero-order valence-corrected chi connectivity index (χ0v) is 11.1. The number of rotatable bonds is 4. The molecule has 7 heteroatoms. The molecule has 104 valence electrons. The highest BCUT2D eigenvalue weighted by atomic mass is 16.6. The summed E-state index contributed by atoms with van der Waals surface area (Å²) in [5.41, 5.74) is 0.653. The predicted octanol–water partition coefficient (Wildman–Crippen LogP) is 1.75. The normalized spacial score (nSPS) is 10.3. The average Bonchev–Trinajstić information content (AvgIpc) is 2.45. The Morgan fingerprint density at radius 1 is 1.40 bits per heavy atom. The van der Waals surface area contributed by atoms with E-state index in [4.69, 9.17) is 0 Å². The number of pyridine rings is 1. The number of nitrogens with zero attached hydrogens (tertiary/aromatic N) is 3. The van der Waals surface area contributed by atoms with Crippen molar-refractivity contribution in [3.05, 3.63) is 40.4 Å². The summed E-state index contributed by atoms with van der Waals surface area (Å²) in [4.78, 5) is 27.5. The molecule has 0 fully saturated rings. The lowest BCUT2D eigenvalue weighted by molar-refractivity contribution is -0.384. The number of anilines is 1. The minimum Gasteiger partial charge on any atom is -0.468 e. The Labute approximate surface area is 114 Å². The van der Waals surface area contributed by atoms with Crippen LogP contribution in [0.25, 0.3) is 10.9 Å². The second kappa shape index (κ2) is 5.52. The first-order valence-corrected chi connectivity index (χ1v) is 5.84. The van der Waals surface area contributed by atoms with Crippen molar-refractivity contribution in [2.75, 3.05) is 25.6 Å². The minimum absolute atomic E-state index is 0.0231. The standard InChI is InChI=1S/C13H13N3O4/c1-15(8-13(17)20-2)12-6-3-9-7-10(16(18)19)4-5-11(9)14-12/h3-7H,8H2,1-2H3. The summed E-state index contributed by atoms with van der Waals surface area (Å²) in [5.74, 6) is 0.231. The van der Waals surface area contributed by atoms with E-state index in [-0.39, 0.29) is 18.2 Å². The monoisotopic (exact) mass is 275 g/mol. The summed E-state index contributed by atoms with van der Waals surface area (Å²) in [6.45, 7) is 0.0853. The van der Waals surface area contributed by atoms with Crippen LogP contribution in [-0.2, 0) is 9.53 Å². The molecule has 1 aromatic heterocycles. The number of hydrogen-bond donors (Lipinski definition) is 0. The molecule has 20 heavy (non-hydrogen) atoms. The van der Waals surface area contributed by atoms with E-state index < -0.39 is 4.92 Å². The number of methoxy groups -OCH3 is 1. The Hall–Kier alpha value is -2.70. The van der Waals surface area contributed by atoms with Crippen LogP contribution in [0.4, 0.5) is 11.5 Å². The van der Waals surface area contributed by atoms with E-state index in [9.17, 15) is 14.9 Å². The number of fused-ring (bicyclic) bond motifs is 1. The lowest BCUT2D eigenvalue weighted by atomic mass is 10.2. The molecule has 0 saturated carbocycles. The molecule has 1 heterocycles. The van der Waals surface area contributed by atoms with E-state index >= 15 is 0 Å². The van der Waals surface area contributed by atoms with Crippen LogP contribution in [0.15, 0.2) is 30.3 Å². The number of ether oxygens (including phenoxy) is 1. The summed E-state index contributed by atoms with van der Waals surface area (Å²) in [6.07, 6.45) is 0. The maximum atomic E-state index is 11.2. The van der Waals surface area contributed by atoms with Gasteiger partial charge in [-0.05, 0) is 18.2 Å². The van der Waals surface area contributed by atoms with Crippen molar-refractivity contribution in [1.29, 1.82) is 0 Å². The first-order chi connectivity index (χ1) is 9.51. The van der Waals surface area contributed by atoms with Gasteiger partial charge in [0.15, 0.2) is 0 Å². The number of nitro groups is 1. The van der Waals surface area contributed by atoms with E-state index in [1.165, 1.54) is 19.2 Å². The fourth-order valence-corrected chi connectivity index (χ4v) is 1.77. The maximum Gasteiger partial charge on any atom is 0.325 e. The van der Waals surface area contributed by atoms with Gasteiger partial charge in [0.2, 0.25) is 0 Å². The van der Waals surface area contributed by atoms with Crippen molar-refractivity contribution in [2.45, 2.75) is 0 Å². The van der Waals surface area contributed by atoms with E-state index in [1.807, 2.05) is 0 Å². The first kappa shape index (κ1) is 13.7. The van der Waals surface area contributed by atoms with Gasteiger partial charge < -0.3 is 9.64 Å². The third-order valence-corrected chi connectivity index (χ3v) is 2.85. The quantitative estimate of drug-likeness (QED) is 0.480. The molecule has 2 aromatic rings. The third-order valence-electron chi connectivity index (χ3n) is 2.85. The Morgan fingerprint density at radius 3 is 2.80 bits per heavy atom. The summed E-state index contributed by atoms with van der Waals surface area (Å²) < 4.78 is 4.59. The fraction of sp³-hybridized carbons (Fsp3) is 0.231. The second-order valence-corrected chi connectivity index (χ2v) is 4.24. The molecule has 0 aliphatic carbocycles. The molecule has 1 aromatic carbocycles. The summed E-state index contributed by atoms with van der Waals surface area (Å²) in [6, 6.07) is 7.89. The Balaban J connectivity index is 2.32. The molecule has 0 aliphatic rings. The van der Waals surface area contributed by atoms with Crippen LogP contribution < -0.4 is 4.90 Å². The van der Waals surface area contributed by atoms with Crippen LogP contribution in [0.2, 0.25) is 0 Å². The van der Waals surface area contributed by atoms with Crippen LogP contribution in [0, 0.1) is 10.1 Å². The van der Waals surface area contributed by atoms with Crippen molar-refractivity contribution in [3.8, 4) is 0 Å². The van der Waals surface area contributed by atoms with E-state index in [2.05, 4.69) is 9.72 Å². The molecule has 0 aliphatic heterocycles. The van der Waals surface area contributed by atoms with Crippen molar-refractivity contribution in [1.82, 2.24) is 4.98 Å². The average molecular weight is 275 g/mol. The molecular formula is C13H13N3O4. The van der Waals surface area contributed by atoms with E-state index in [1.54, 1.807) is 30.1 Å². The number of aromatic nitrogens is 1. The SMILES string of the molecule is COC(=O)CN(C)c1ccc2cc([N+](=O)[O-])ccc2n1. The van der Waals surface area contributed by atoms with Gasteiger partial charge in [-0.3, -0.25) is 14.9 Å². The molecule has 2 rings (SSSR count). The molecule has 0 saturated heterocycles. The lowest BCUT2D eigenvalue weighted by Crippen LogP contribution is -2.27. The highest BCUT2D eigenvalue weighted by Gasteiger charge is 2.11. The molecule has 0 unspecified atom stereocenters. The van der Waals surface area contributed by atoms with Gasteiger partial charge in [-0.15, -0.1) is 0 Å². The molecule has 0 bridgehead atoms. The number of hydrogen-bond acceptors (Lipinski definition) is 6. The fourth-order valence-electron chi connectivity index (χ4n) is 1.77. The molecule has 0 radical (unpaired) electrons. The van der Waals surface area contributed by atoms with Crippen molar-refractivity contribution in [3.63, 3.8) is 0 Å². The zero-order chi connectivity index (χ0) is 14.7. The number of carbonyl (C=O) groups is 1. The van der Waals surface area contributed by atoms with Gasteiger partial charge in [0.25, 0.3) is 5.69 Å². The molecule has 0 amide bonds. The molecule has 0 atom stereocenters. The maximum absolute atomic E-state index is 11.2. The molecule has 0 spiro atoms. The van der Waals surface area contributed by atoms with E-state index in [0.29, 0.717) is 16.7 Å². The van der Waals surface area contributed by atoms with Crippen LogP contribution in [0.5, 0.6) is 0 Å². The Kier molecular flexibility index (Phi) is 3.79. The van der Waals surface area contributed by atoms with Gasteiger partial charge in [0, 0.05) is 24.6 Å². The van der Waals surface area contributed by atoms with Gasteiger partial charge in [0.05, 0.1) is 17.5 Å². The number of carbonyl (C=O) groups excluding carboxylic acids is 1. The van der Waals surface area contributed by atoms with Crippen molar-refractivity contribution < 1.29 is 14.5 Å². The van der Waals surface area contributed by atoms with Gasteiger partial charge >= 0.3 is 5.97 Å². The van der Waals surface area contributed by atoms with Crippen LogP contribution >= 0.6 is 0 Å². The highest BCUT2D eigenvalue weighted by Crippen LogP contribution is 2.22. The van der Waals surface area contributed by atoms with Crippen LogP contribution in [0.1, 0.15) is 0 Å². The smallest absolute Gasteiger partial charge is 0.325 e. The largest absolute Gasteiger partial charge is 0.468 e. The van der Waals surface area contributed by atoms with Crippen molar-refractivity contribution >= 4 is 28.4 Å². The highest BCUT2D eigenvalue weighted by molar-refractivity contribution is 5.83. The third kappa shape index (κ3) is 2.82.